The van der Waals surface area contributed by atoms with Gasteiger partial charge in [0, 0.05) is 10.6 Å². The number of sulfonamides is 1. The van der Waals surface area contributed by atoms with Crippen LogP contribution in [0, 0.1) is 0 Å². The maximum Gasteiger partial charge on any atom is 0.242 e. The molecule has 1 unspecified atom stereocenters. The van der Waals surface area contributed by atoms with Crippen molar-refractivity contribution < 1.29 is 8.42 Å². The number of halogens is 1. The van der Waals surface area contributed by atoms with Gasteiger partial charge in [-0.25, -0.2) is 13.1 Å². The molecule has 4 nitrogen and oxygen atoms in total. The molecule has 21 heavy (non-hydrogen) atoms. The van der Waals surface area contributed by atoms with Crippen LogP contribution in [-0.2, 0) is 10.0 Å². The molecule has 0 fully saturated rings. The van der Waals surface area contributed by atoms with Gasteiger partial charge in [0.05, 0.1) is 11.1 Å². The molecule has 0 spiro atoms. The molecule has 2 rings (SSSR count). The van der Waals surface area contributed by atoms with Crippen LogP contribution in [-0.4, -0.2) is 8.42 Å². The number of nitrogens with two attached hydrogens (primary N) is 1. The molecule has 1 aromatic carbocycles. The van der Waals surface area contributed by atoms with E-state index in [1.54, 1.807) is 6.07 Å². The van der Waals surface area contributed by atoms with Crippen molar-refractivity contribution in [3.63, 3.8) is 0 Å². The molecule has 0 aliphatic rings. The van der Waals surface area contributed by atoms with Crippen LogP contribution in [0.5, 0.6) is 0 Å². The van der Waals surface area contributed by atoms with Crippen LogP contribution in [0.2, 0.25) is 5.02 Å². The Kier molecular flexibility index (Phi) is 5.27. The number of benzene rings is 1. The average Bonchev–Trinajstić information content (AvgIpc) is 2.95. The molecule has 1 aromatic heterocycles. The minimum absolute atomic E-state index is 0.0156. The van der Waals surface area contributed by atoms with E-state index in [1.807, 2.05) is 24.4 Å². The van der Waals surface area contributed by atoms with Crippen molar-refractivity contribution in [2.75, 3.05) is 5.73 Å². The SMILES string of the molecule is CCCC(NS(=O)(=O)c1cc(N)ccc1Cl)c1cccs1. The Morgan fingerprint density at radius 2 is 2.14 bits per heavy atom. The molecule has 0 radical (unpaired) electrons. The van der Waals surface area contributed by atoms with Gasteiger partial charge < -0.3 is 5.73 Å². The molecular formula is C14H17ClN2O2S2. The minimum atomic E-state index is -3.72. The van der Waals surface area contributed by atoms with Gasteiger partial charge in [-0.05, 0) is 36.1 Å². The van der Waals surface area contributed by atoms with Crippen LogP contribution in [0.4, 0.5) is 5.69 Å². The molecule has 114 valence electrons. The smallest absolute Gasteiger partial charge is 0.242 e. The Balaban J connectivity index is 2.32. The Hall–Kier alpha value is -1.08. The molecule has 2 aromatic rings. The average molecular weight is 345 g/mol. The van der Waals surface area contributed by atoms with Gasteiger partial charge >= 0.3 is 0 Å². The first-order valence-corrected chi connectivity index (χ1v) is 9.29. The molecule has 0 bridgehead atoms. The maximum atomic E-state index is 12.5. The molecular weight excluding hydrogens is 328 g/mol. The molecule has 1 atom stereocenters. The van der Waals surface area contributed by atoms with Gasteiger partial charge in [-0.1, -0.05) is 31.0 Å². The molecule has 1 heterocycles. The molecule has 0 amide bonds. The Labute approximate surface area is 134 Å². The largest absolute Gasteiger partial charge is 0.399 e. The summed E-state index contributed by atoms with van der Waals surface area (Å²) in [5.41, 5.74) is 6.02. The highest BCUT2D eigenvalue weighted by atomic mass is 35.5. The van der Waals surface area contributed by atoms with Crippen molar-refractivity contribution in [1.29, 1.82) is 0 Å². The standard InChI is InChI=1S/C14H17ClN2O2S2/c1-2-4-12(13-5-3-8-20-13)17-21(18,19)14-9-10(16)6-7-11(14)15/h3,5-9,12,17H,2,4,16H2,1H3. The summed E-state index contributed by atoms with van der Waals surface area (Å²) in [7, 11) is -3.72. The van der Waals surface area contributed by atoms with Crippen LogP contribution < -0.4 is 10.5 Å². The van der Waals surface area contributed by atoms with Gasteiger partial charge in [-0.15, -0.1) is 11.3 Å². The number of thiophene rings is 1. The lowest BCUT2D eigenvalue weighted by Crippen LogP contribution is -2.28. The third kappa shape index (κ3) is 3.97. The van der Waals surface area contributed by atoms with Crippen LogP contribution in [0.25, 0.3) is 0 Å². The lowest BCUT2D eigenvalue weighted by atomic mass is 10.1. The fourth-order valence-electron chi connectivity index (χ4n) is 2.01. The van der Waals surface area contributed by atoms with E-state index in [0.717, 1.165) is 17.7 Å². The van der Waals surface area contributed by atoms with Gasteiger partial charge in [-0.3, -0.25) is 0 Å². The van der Waals surface area contributed by atoms with Gasteiger partial charge in [0.2, 0.25) is 10.0 Å². The first kappa shape index (κ1) is 16.3. The lowest BCUT2D eigenvalue weighted by molar-refractivity contribution is 0.540. The summed E-state index contributed by atoms with van der Waals surface area (Å²) >= 11 is 7.52. The van der Waals surface area contributed by atoms with E-state index in [1.165, 1.54) is 23.5 Å². The van der Waals surface area contributed by atoms with Crippen molar-refractivity contribution in [3.8, 4) is 0 Å². The normalized spacial score (nSPS) is 13.2. The van der Waals surface area contributed by atoms with Crippen molar-refractivity contribution in [2.24, 2.45) is 0 Å². The fourth-order valence-corrected chi connectivity index (χ4v) is 4.69. The van der Waals surface area contributed by atoms with E-state index in [-0.39, 0.29) is 16.0 Å². The number of hydrogen-bond donors (Lipinski definition) is 2. The third-order valence-corrected chi connectivity index (χ3v) is 5.95. The van der Waals surface area contributed by atoms with Crippen molar-refractivity contribution in [1.82, 2.24) is 4.72 Å². The number of anilines is 1. The zero-order valence-corrected chi connectivity index (χ0v) is 13.9. The fraction of sp³-hybridized carbons (Fsp3) is 0.286. The summed E-state index contributed by atoms with van der Waals surface area (Å²) in [6.45, 7) is 2.02. The highest BCUT2D eigenvalue weighted by Crippen LogP contribution is 2.28. The molecule has 3 N–H and O–H groups in total. The maximum absolute atomic E-state index is 12.5. The van der Waals surface area contributed by atoms with Crippen molar-refractivity contribution in [3.05, 3.63) is 45.6 Å². The highest BCUT2D eigenvalue weighted by molar-refractivity contribution is 7.89. The van der Waals surface area contributed by atoms with E-state index < -0.39 is 10.0 Å². The minimum Gasteiger partial charge on any atom is -0.399 e. The summed E-state index contributed by atoms with van der Waals surface area (Å²) in [5, 5.41) is 2.10. The van der Waals surface area contributed by atoms with Gasteiger partial charge in [0.25, 0.3) is 0 Å². The summed E-state index contributed by atoms with van der Waals surface area (Å²) in [5.74, 6) is 0. The number of rotatable bonds is 6. The highest BCUT2D eigenvalue weighted by Gasteiger charge is 2.23. The molecule has 0 aliphatic carbocycles. The third-order valence-electron chi connectivity index (χ3n) is 3.01. The quantitative estimate of drug-likeness (QED) is 0.783. The first-order valence-electron chi connectivity index (χ1n) is 6.55. The molecule has 0 saturated carbocycles. The Morgan fingerprint density at radius 1 is 1.38 bits per heavy atom. The number of nitrogens with one attached hydrogen (secondary N) is 1. The zero-order chi connectivity index (χ0) is 15.5. The summed E-state index contributed by atoms with van der Waals surface area (Å²) < 4.78 is 27.8. The van der Waals surface area contributed by atoms with E-state index in [4.69, 9.17) is 17.3 Å². The number of hydrogen-bond acceptors (Lipinski definition) is 4. The summed E-state index contributed by atoms with van der Waals surface area (Å²) in [4.78, 5) is 1.00. The van der Waals surface area contributed by atoms with Crippen LogP contribution in [0.3, 0.4) is 0 Å². The Morgan fingerprint density at radius 3 is 2.76 bits per heavy atom. The van der Waals surface area contributed by atoms with Crippen molar-refractivity contribution in [2.45, 2.75) is 30.7 Å². The summed E-state index contributed by atoms with van der Waals surface area (Å²) in [6.07, 6.45) is 1.59. The first-order chi connectivity index (χ1) is 9.94. The predicted molar refractivity (Wildman–Crippen MR) is 88.2 cm³/mol. The van der Waals surface area contributed by atoms with Crippen LogP contribution in [0.1, 0.15) is 30.7 Å². The second kappa shape index (κ2) is 6.79. The predicted octanol–water partition coefficient (Wildman–Crippen LogP) is 3.80. The van der Waals surface area contributed by atoms with E-state index in [9.17, 15) is 8.42 Å². The lowest BCUT2D eigenvalue weighted by Gasteiger charge is -2.17. The number of nitrogen functional groups attached to an aromatic ring is 1. The van der Waals surface area contributed by atoms with Gasteiger partial charge in [-0.2, -0.15) is 0 Å². The van der Waals surface area contributed by atoms with Crippen LogP contribution in [0.15, 0.2) is 40.6 Å². The second-order valence-corrected chi connectivity index (χ2v) is 7.74. The topological polar surface area (TPSA) is 72.2 Å². The molecule has 0 saturated heterocycles. The van der Waals surface area contributed by atoms with E-state index in [0.29, 0.717) is 5.69 Å². The van der Waals surface area contributed by atoms with Gasteiger partial charge in [0.15, 0.2) is 0 Å². The molecule has 0 aliphatic heterocycles. The molecule has 7 heteroatoms. The summed E-state index contributed by atoms with van der Waals surface area (Å²) in [6, 6.07) is 8.02. The zero-order valence-electron chi connectivity index (χ0n) is 11.5. The second-order valence-electron chi connectivity index (χ2n) is 4.67. The van der Waals surface area contributed by atoms with E-state index >= 15 is 0 Å². The van der Waals surface area contributed by atoms with E-state index in [2.05, 4.69) is 4.72 Å². The van der Waals surface area contributed by atoms with Crippen molar-refractivity contribution >= 4 is 38.6 Å². The van der Waals surface area contributed by atoms with Gasteiger partial charge in [0.1, 0.15) is 4.90 Å². The monoisotopic (exact) mass is 344 g/mol. The Bertz CT molecular complexity index is 700. The van der Waals surface area contributed by atoms with Crippen LogP contribution >= 0.6 is 22.9 Å².